The minimum absolute atomic E-state index is 0.204. The van der Waals surface area contributed by atoms with Gasteiger partial charge in [0, 0.05) is 6.54 Å². The Morgan fingerprint density at radius 1 is 1.21 bits per heavy atom. The molecule has 0 atom stereocenters. The van der Waals surface area contributed by atoms with E-state index in [-0.39, 0.29) is 4.90 Å². The molecule has 0 aliphatic rings. The molecule has 4 nitrogen and oxygen atoms in total. The first kappa shape index (κ1) is 15.7. The molecule has 104 valence electrons. The second kappa shape index (κ2) is 7.27. The lowest BCUT2D eigenvalue weighted by molar-refractivity contribution is 0.530. The lowest BCUT2D eigenvalue weighted by Crippen LogP contribution is -2.24. The van der Waals surface area contributed by atoms with Crippen molar-refractivity contribution in [3.63, 3.8) is 0 Å². The summed E-state index contributed by atoms with van der Waals surface area (Å²) in [4.78, 5) is 0.204. The highest BCUT2D eigenvalue weighted by Crippen LogP contribution is 2.10. The first-order valence-electron chi connectivity index (χ1n) is 6.45. The average molecular weight is 280 g/mol. The highest BCUT2D eigenvalue weighted by molar-refractivity contribution is 7.89. The van der Waals surface area contributed by atoms with E-state index in [1.807, 2.05) is 6.07 Å². The first-order chi connectivity index (χ1) is 8.95. The van der Waals surface area contributed by atoms with Crippen LogP contribution in [0.15, 0.2) is 29.2 Å². The van der Waals surface area contributed by atoms with E-state index >= 15 is 0 Å². The molecule has 1 N–H and O–H groups in total. The zero-order valence-electron chi connectivity index (χ0n) is 11.4. The van der Waals surface area contributed by atoms with Crippen molar-refractivity contribution in [2.45, 2.75) is 38.0 Å². The zero-order chi connectivity index (χ0) is 14.3. The van der Waals surface area contributed by atoms with E-state index in [0.717, 1.165) is 19.3 Å². The Balaban J connectivity index is 2.49. The van der Waals surface area contributed by atoms with Crippen molar-refractivity contribution in [2.75, 3.05) is 6.54 Å². The van der Waals surface area contributed by atoms with E-state index in [0.29, 0.717) is 18.0 Å². The van der Waals surface area contributed by atoms with Crippen LogP contribution in [0.5, 0.6) is 0 Å². The Bertz CT molecular complexity index is 528. The summed E-state index contributed by atoms with van der Waals surface area (Å²) in [5, 5.41) is 8.66. The summed E-state index contributed by atoms with van der Waals surface area (Å²) >= 11 is 0. The molecule has 5 heteroatoms. The summed E-state index contributed by atoms with van der Waals surface area (Å²) in [7, 11) is -3.45. The van der Waals surface area contributed by atoms with Crippen LogP contribution in [0.1, 0.15) is 38.7 Å². The Kier molecular flexibility index (Phi) is 6.00. The van der Waals surface area contributed by atoms with Crippen LogP contribution >= 0.6 is 0 Å². The van der Waals surface area contributed by atoms with Crippen LogP contribution in [-0.4, -0.2) is 15.0 Å². The van der Waals surface area contributed by atoms with Crippen LogP contribution in [0.25, 0.3) is 0 Å². The van der Waals surface area contributed by atoms with Gasteiger partial charge in [-0.1, -0.05) is 26.7 Å². The fourth-order valence-corrected chi connectivity index (χ4v) is 2.75. The quantitative estimate of drug-likeness (QED) is 0.781. The molecular formula is C14H20N2O2S. The van der Waals surface area contributed by atoms with E-state index in [1.54, 1.807) is 0 Å². The summed E-state index contributed by atoms with van der Waals surface area (Å²) in [6.07, 6.45) is 2.97. The van der Waals surface area contributed by atoms with Crippen LogP contribution in [0.3, 0.4) is 0 Å². The molecule has 19 heavy (non-hydrogen) atoms. The highest BCUT2D eigenvalue weighted by atomic mass is 32.2. The Hall–Kier alpha value is -1.38. The van der Waals surface area contributed by atoms with E-state index in [1.165, 1.54) is 24.3 Å². The molecule has 0 spiro atoms. The summed E-state index contributed by atoms with van der Waals surface area (Å²) in [6.45, 7) is 4.76. The van der Waals surface area contributed by atoms with Gasteiger partial charge in [-0.05, 0) is 36.6 Å². The summed E-state index contributed by atoms with van der Waals surface area (Å²) < 4.78 is 26.4. The van der Waals surface area contributed by atoms with Crippen molar-refractivity contribution < 1.29 is 8.42 Å². The zero-order valence-corrected chi connectivity index (χ0v) is 12.2. The molecule has 1 rings (SSSR count). The van der Waals surface area contributed by atoms with Gasteiger partial charge in [0.15, 0.2) is 0 Å². The van der Waals surface area contributed by atoms with Crippen molar-refractivity contribution in [2.24, 2.45) is 5.92 Å². The van der Waals surface area contributed by atoms with Gasteiger partial charge in [0.05, 0.1) is 16.5 Å². The van der Waals surface area contributed by atoms with Crippen molar-refractivity contribution in [1.29, 1.82) is 5.26 Å². The first-order valence-corrected chi connectivity index (χ1v) is 7.94. The standard InChI is InChI=1S/C14H20N2O2S/c1-12(2)5-3-4-10-16-19(17,18)14-8-6-13(11-15)7-9-14/h6-9,12,16H,3-5,10H2,1-2H3. The van der Waals surface area contributed by atoms with Crippen molar-refractivity contribution in [3.05, 3.63) is 29.8 Å². The Morgan fingerprint density at radius 3 is 2.37 bits per heavy atom. The largest absolute Gasteiger partial charge is 0.240 e. The van der Waals surface area contributed by atoms with Crippen LogP contribution in [0, 0.1) is 17.2 Å². The number of rotatable bonds is 7. The third-order valence-electron chi connectivity index (χ3n) is 2.79. The Labute approximate surface area is 115 Å². The number of sulfonamides is 1. The van der Waals surface area contributed by atoms with Gasteiger partial charge in [0.2, 0.25) is 10.0 Å². The minimum Gasteiger partial charge on any atom is -0.211 e. The van der Waals surface area contributed by atoms with Crippen LogP contribution in [0.4, 0.5) is 0 Å². The van der Waals surface area contributed by atoms with Gasteiger partial charge in [-0.2, -0.15) is 5.26 Å². The van der Waals surface area contributed by atoms with Crippen molar-refractivity contribution in [3.8, 4) is 6.07 Å². The van der Waals surface area contributed by atoms with E-state index in [9.17, 15) is 8.42 Å². The van der Waals surface area contributed by atoms with Crippen molar-refractivity contribution >= 4 is 10.0 Å². The molecular weight excluding hydrogens is 260 g/mol. The maximum Gasteiger partial charge on any atom is 0.240 e. The van der Waals surface area contributed by atoms with Crippen LogP contribution in [0.2, 0.25) is 0 Å². The van der Waals surface area contributed by atoms with Crippen molar-refractivity contribution in [1.82, 2.24) is 4.72 Å². The fraction of sp³-hybridized carbons (Fsp3) is 0.500. The smallest absolute Gasteiger partial charge is 0.211 e. The molecule has 0 saturated heterocycles. The predicted molar refractivity (Wildman–Crippen MR) is 75.0 cm³/mol. The minimum atomic E-state index is -3.45. The second-order valence-corrected chi connectivity index (χ2v) is 6.69. The number of nitrogens with one attached hydrogen (secondary N) is 1. The van der Waals surface area contributed by atoms with E-state index in [2.05, 4.69) is 18.6 Å². The molecule has 1 aromatic carbocycles. The number of benzene rings is 1. The van der Waals surface area contributed by atoms with Gasteiger partial charge >= 0.3 is 0 Å². The fourth-order valence-electron chi connectivity index (χ4n) is 1.68. The van der Waals surface area contributed by atoms with Crippen LogP contribution in [-0.2, 0) is 10.0 Å². The normalized spacial score (nSPS) is 11.5. The molecule has 0 fully saturated rings. The molecule has 0 amide bonds. The molecule has 0 aliphatic heterocycles. The molecule has 0 saturated carbocycles. The highest BCUT2D eigenvalue weighted by Gasteiger charge is 2.12. The predicted octanol–water partition coefficient (Wildman–Crippen LogP) is 2.66. The van der Waals surface area contributed by atoms with Gasteiger partial charge < -0.3 is 0 Å². The molecule has 0 bridgehead atoms. The van der Waals surface area contributed by atoms with Gasteiger partial charge in [0.25, 0.3) is 0 Å². The molecule has 0 aliphatic carbocycles. The maximum atomic E-state index is 11.9. The molecule has 1 aromatic rings. The third-order valence-corrected chi connectivity index (χ3v) is 4.27. The van der Waals surface area contributed by atoms with Gasteiger partial charge in [-0.15, -0.1) is 0 Å². The monoisotopic (exact) mass is 280 g/mol. The maximum absolute atomic E-state index is 11.9. The number of hydrogen-bond donors (Lipinski definition) is 1. The number of nitrogens with zero attached hydrogens (tertiary/aromatic N) is 1. The molecule has 0 aromatic heterocycles. The molecule has 0 unspecified atom stereocenters. The number of hydrogen-bond acceptors (Lipinski definition) is 3. The molecule has 0 radical (unpaired) electrons. The average Bonchev–Trinajstić information content (AvgIpc) is 2.38. The number of nitriles is 1. The van der Waals surface area contributed by atoms with Gasteiger partial charge in [-0.3, -0.25) is 0 Å². The van der Waals surface area contributed by atoms with E-state index < -0.39 is 10.0 Å². The van der Waals surface area contributed by atoms with E-state index in [4.69, 9.17) is 5.26 Å². The SMILES string of the molecule is CC(C)CCCCNS(=O)(=O)c1ccc(C#N)cc1. The summed E-state index contributed by atoms with van der Waals surface area (Å²) in [5.74, 6) is 0.648. The lowest BCUT2D eigenvalue weighted by Gasteiger charge is -2.07. The molecule has 0 heterocycles. The summed E-state index contributed by atoms with van der Waals surface area (Å²) in [6, 6.07) is 7.88. The second-order valence-electron chi connectivity index (χ2n) is 4.92. The Morgan fingerprint density at radius 2 is 1.84 bits per heavy atom. The van der Waals surface area contributed by atoms with Gasteiger partial charge in [0.1, 0.15) is 0 Å². The number of unbranched alkanes of at least 4 members (excludes halogenated alkanes) is 1. The van der Waals surface area contributed by atoms with Crippen LogP contribution < -0.4 is 4.72 Å². The summed E-state index contributed by atoms with van der Waals surface area (Å²) in [5.41, 5.74) is 0.455. The topological polar surface area (TPSA) is 70.0 Å². The third kappa shape index (κ3) is 5.41. The lowest BCUT2D eigenvalue weighted by atomic mass is 10.1. The van der Waals surface area contributed by atoms with Gasteiger partial charge in [-0.25, -0.2) is 13.1 Å².